The molecule has 1 aromatic carbocycles. The largest absolute Gasteiger partial charge is 0.371 e. The molecule has 2 aromatic heterocycles. The van der Waals surface area contributed by atoms with Gasteiger partial charge < -0.3 is 14.5 Å². The van der Waals surface area contributed by atoms with E-state index >= 15 is 0 Å². The van der Waals surface area contributed by atoms with E-state index in [2.05, 4.69) is 24.8 Å². The topological polar surface area (TPSA) is 105 Å². The average Bonchev–Trinajstić information content (AvgIpc) is 3.38. The van der Waals surface area contributed by atoms with Crippen molar-refractivity contribution in [2.75, 3.05) is 53.6 Å². The van der Waals surface area contributed by atoms with E-state index in [-0.39, 0.29) is 5.60 Å². The fourth-order valence-corrected chi connectivity index (χ4v) is 6.39. The predicted octanol–water partition coefficient (Wildman–Crippen LogP) is 3.06. The van der Waals surface area contributed by atoms with Crippen LogP contribution in [0.3, 0.4) is 0 Å². The van der Waals surface area contributed by atoms with E-state index in [1.807, 2.05) is 36.5 Å². The summed E-state index contributed by atoms with van der Waals surface area (Å²) in [6.07, 6.45) is 9.17. The third-order valence-corrected chi connectivity index (χ3v) is 8.99. The third kappa shape index (κ3) is 4.33. The van der Waals surface area contributed by atoms with Crippen molar-refractivity contribution >= 4 is 27.2 Å². The fraction of sp³-hybridized carbons (Fsp3) is 0.500. The number of hydrogen-bond donors (Lipinski definition) is 1. The summed E-state index contributed by atoms with van der Waals surface area (Å²) in [5, 5.41) is 8.89. The first-order chi connectivity index (χ1) is 17.8. The Kier molecular flexibility index (Phi) is 5.07. The molecule has 0 amide bonds. The highest BCUT2D eigenvalue weighted by Crippen LogP contribution is 2.54. The van der Waals surface area contributed by atoms with Crippen LogP contribution in [0, 0.1) is 5.41 Å². The molecular weight excluding hydrogens is 490 g/mol. The molecule has 0 bridgehead atoms. The van der Waals surface area contributed by atoms with Gasteiger partial charge in [0, 0.05) is 19.5 Å². The Morgan fingerprint density at radius 3 is 2.41 bits per heavy atom. The smallest absolute Gasteiger partial charge is 0.229 e. The van der Waals surface area contributed by atoms with Crippen LogP contribution in [0.2, 0.25) is 0 Å². The molecule has 0 atom stereocenters. The molecule has 4 fully saturated rings. The van der Waals surface area contributed by atoms with Gasteiger partial charge in [0.25, 0.3) is 0 Å². The number of nitrogens with zero attached hydrogens (tertiary/aromatic N) is 6. The SMILES string of the molecule is CS(=O)(=O)Nc1ccc(-n2cc(-c3cccc(N4CC5(CCO5)C4)n3)nn2)c(N2CCC3(CC2)CC3)c1. The quantitative estimate of drug-likeness (QED) is 0.528. The summed E-state index contributed by atoms with van der Waals surface area (Å²) < 4.78 is 33.9. The minimum absolute atomic E-state index is 0.0446. The number of rotatable bonds is 6. The molecule has 10 nitrogen and oxygen atoms in total. The molecule has 3 saturated heterocycles. The summed E-state index contributed by atoms with van der Waals surface area (Å²) >= 11 is 0. The molecule has 1 aliphatic carbocycles. The van der Waals surface area contributed by atoms with Crippen LogP contribution in [0.4, 0.5) is 17.2 Å². The van der Waals surface area contributed by atoms with Gasteiger partial charge in [0.15, 0.2) is 0 Å². The van der Waals surface area contributed by atoms with Crippen molar-refractivity contribution in [2.24, 2.45) is 5.41 Å². The van der Waals surface area contributed by atoms with Crippen LogP contribution in [-0.4, -0.2) is 73.0 Å². The van der Waals surface area contributed by atoms with Crippen LogP contribution in [0.5, 0.6) is 0 Å². The first-order valence-electron chi connectivity index (χ1n) is 12.9. The summed E-state index contributed by atoms with van der Waals surface area (Å²) in [4.78, 5) is 9.43. The summed E-state index contributed by atoms with van der Waals surface area (Å²) in [6, 6.07) is 11.6. The second-order valence-electron chi connectivity index (χ2n) is 11.1. The number of pyridine rings is 1. The second kappa shape index (κ2) is 8.16. The Balaban J connectivity index is 1.17. The number of benzene rings is 1. The number of sulfonamides is 1. The summed E-state index contributed by atoms with van der Waals surface area (Å²) in [5.41, 5.74) is 4.41. The summed E-state index contributed by atoms with van der Waals surface area (Å²) in [5.74, 6) is 0.924. The normalized spacial score (nSPS) is 21.5. The Bertz CT molecular complexity index is 1440. The minimum atomic E-state index is -3.38. The van der Waals surface area contributed by atoms with Crippen molar-refractivity contribution in [2.45, 2.75) is 37.7 Å². The van der Waals surface area contributed by atoms with Gasteiger partial charge in [-0.1, -0.05) is 11.3 Å². The molecule has 4 aliphatic rings. The van der Waals surface area contributed by atoms with Crippen LogP contribution in [0.1, 0.15) is 32.1 Å². The number of aromatic nitrogens is 4. The van der Waals surface area contributed by atoms with E-state index in [1.54, 1.807) is 10.7 Å². The van der Waals surface area contributed by atoms with Gasteiger partial charge in [0.2, 0.25) is 10.0 Å². The molecule has 5 heterocycles. The van der Waals surface area contributed by atoms with Gasteiger partial charge >= 0.3 is 0 Å². The van der Waals surface area contributed by atoms with Crippen LogP contribution < -0.4 is 14.5 Å². The molecule has 1 saturated carbocycles. The van der Waals surface area contributed by atoms with Gasteiger partial charge in [-0.3, -0.25) is 4.72 Å². The van der Waals surface area contributed by atoms with E-state index in [1.165, 1.54) is 19.1 Å². The zero-order valence-electron chi connectivity index (χ0n) is 20.9. The van der Waals surface area contributed by atoms with E-state index in [4.69, 9.17) is 9.72 Å². The number of hydrogen-bond acceptors (Lipinski definition) is 8. The van der Waals surface area contributed by atoms with Crippen molar-refractivity contribution < 1.29 is 13.2 Å². The molecule has 37 heavy (non-hydrogen) atoms. The van der Waals surface area contributed by atoms with Crippen LogP contribution in [-0.2, 0) is 14.8 Å². The van der Waals surface area contributed by atoms with Gasteiger partial charge in [-0.25, -0.2) is 18.1 Å². The van der Waals surface area contributed by atoms with E-state index in [9.17, 15) is 8.42 Å². The van der Waals surface area contributed by atoms with E-state index in [0.29, 0.717) is 16.8 Å². The number of anilines is 3. The highest BCUT2D eigenvalue weighted by atomic mass is 32.2. The zero-order chi connectivity index (χ0) is 25.3. The lowest BCUT2D eigenvalue weighted by Gasteiger charge is -2.55. The predicted molar refractivity (Wildman–Crippen MR) is 142 cm³/mol. The summed E-state index contributed by atoms with van der Waals surface area (Å²) in [6.45, 7) is 4.51. The Hall–Kier alpha value is -3.18. The molecule has 3 aliphatic heterocycles. The number of nitrogens with one attached hydrogen (secondary N) is 1. The Morgan fingerprint density at radius 1 is 0.946 bits per heavy atom. The molecule has 194 valence electrons. The molecule has 11 heteroatoms. The van der Waals surface area contributed by atoms with Crippen molar-refractivity contribution in [1.82, 2.24) is 20.0 Å². The lowest BCUT2D eigenvalue weighted by Crippen LogP contribution is -2.68. The highest BCUT2D eigenvalue weighted by Gasteiger charge is 2.49. The fourth-order valence-electron chi connectivity index (χ4n) is 5.84. The van der Waals surface area contributed by atoms with Crippen molar-refractivity contribution in [3.8, 4) is 17.1 Å². The monoisotopic (exact) mass is 521 g/mol. The molecular formula is C26H31N7O3S. The molecule has 0 unspecified atom stereocenters. The first-order valence-corrected chi connectivity index (χ1v) is 14.8. The molecule has 0 radical (unpaired) electrons. The first kappa shape index (κ1) is 23.0. The molecule has 3 aromatic rings. The standard InChI is InChI=1S/C26H31N7O3S/c1-37(34,35)29-19-5-6-22(23(15-19)31-12-9-25(7-8-25)10-13-31)33-16-21(28-30-33)20-3-2-4-24(27-20)32-17-26(18-32)11-14-36-26/h2-6,15-16,29H,7-14,17-18H2,1H3. The third-order valence-electron chi connectivity index (χ3n) is 8.39. The number of piperidine rings is 1. The maximum atomic E-state index is 11.9. The van der Waals surface area contributed by atoms with Crippen LogP contribution in [0.25, 0.3) is 17.1 Å². The molecule has 1 N–H and O–H groups in total. The van der Waals surface area contributed by atoms with Gasteiger partial charge in [0.1, 0.15) is 17.1 Å². The van der Waals surface area contributed by atoms with Crippen molar-refractivity contribution in [1.29, 1.82) is 0 Å². The second-order valence-corrected chi connectivity index (χ2v) is 12.9. The van der Waals surface area contributed by atoms with Gasteiger partial charge in [-0.15, -0.1) is 5.10 Å². The van der Waals surface area contributed by atoms with Crippen molar-refractivity contribution in [3.63, 3.8) is 0 Å². The number of ether oxygens (including phenoxy) is 1. The maximum absolute atomic E-state index is 11.9. The van der Waals surface area contributed by atoms with Crippen LogP contribution >= 0.6 is 0 Å². The Labute approximate surface area is 216 Å². The zero-order valence-corrected chi connectivity index (χ0v) is 21.7. The van der Waals surface area contributed by atoms with Gasteiger partial charge in [-0.2, -0.15) is 0 Å². The Morgan fingerprint density at radius 2 is 1.73 bits per heavy atom. The van der Waals surface area contributed by atoms with E-state index < -0.39 is 10.0 Å². The van der Waals surface area contributed by atoms with Crippen LogP contribution in [0.15, 0.2) is 42.6 Å². The van der Waals surface area contributed by atoms with Crippen molar-refractivity contribution in [3.05, 3.63) is 42.6 Å². The lowest BCUT2D eigenvalue weighted by molar-refractivity contribution is -0.161. The molecule has 7 rings (SSSR count). The highest BCUT2D eigenvalue weighted by molar-refractivity contribution is 7.92. The molecule has 2 spiro atoms. The van der Waals surface area contributed by atoms with E-state index in [0.717, 1.165) is 74.9 Å². The lowest BCUT2D eigenvalue weighted by atomic mass is 9.86. The average molecular weight is 522 g/mol. The van der Waals surface area contributed by atoms with Gasteiger partial charge in [-0.05, 0) is 61.4 Å². The van der Waals surface area contributed by atoms with Gasteiger partial charge in [0.05, 0.1) is 54.9 Å². The summed E-state index contributed by atoms with van der Waals surface area (Å²) in [7, 11) is -3.38. The minimum Gasteiger partial charge on any atom is -0.371 e. The maximum Gasteiger partial charge on any atom is 0.229 e.